The first-order valence-corrected chi connectivity index (χ1v) is 7.79. The van der Waals surface area contributed by atoms with Gasteiger partial charge < -0.3 is 4.74 Å². The van der Waals surface area contributed by atoms with Crippen molar-refractivity contribution in [2.24, 2.45) is 7.05 Å². The molecule has 3 rings (SSSR count). The number of nitro benzene ring substituents is 1. The Balaban J connectivity index is 1.90. The first kappa shape index (κ1) is 17.7. The lowest BCUT2D eigenvalue weighted by Crippen LogP contribution is -2.27. The number of carbonyl (C=O) groups excluding carboxylic acids is 1. The third kappa shape index (κ3) is 3.18. The average molecular weight is 426 g/mol. The molecule has 0 bridgehead atoms. The Morgan fingerprint density at radius 3 is 2.88 bits per heavy atom. The number of fused-ring (bicyclic) bond motifs is 1. The number of esters is 1. The van der Waals surface area contributed by atoms with Gasteiger partial charge >= 0.3 is 11.7 Å². The number of aryl methyl sites for hydroxylation is 1. The third-order valence-corrected chi connectivity index (χ3v) is 3.97. The molecule has 0 saturated heterocycles. The minimum atomic E-state index is -0.998. The molecule has 3 aromatic rings. The van der Waals surface area contributed by atoms with Crippen LogP contribution in [0.3, 0.4) is 0 Å². The molecule has 0 atom stereocenters. The van der Waals surface area contributed by atoms with Crippen LogP contribution in [0.15, 0.2) is 33.9 Å². The first-order chi connectivity index (χ1) is 12.3. The van der Waals surface area contributed by atoms with Crippen LogP contribution in [0, 0.1) is 15.9 Å². The summed E-state index contributed by atoms with van der Waals surface area (Å²) in [5.74, 6) is -2.36. The third-order valence-electron chi connectivity index (χ3n) is 3.41. The van der Waals surface area contributed by atoms with Crippen molar-refractivity contribution < 1.29 is 18.8 Å². The molecular weight excluding hydrogens is 417 g/mol. The van der Waals surface area contributed by atoms with Crippen molar-refractivity contribution in [1.82, 2.24) is 19.3 Å². The van der Waals surface area contributed by atoms with Crippen LogP contribution in [0.25, 0.3) is 11.0 Å². The number of aromatic nitrogens is 4. The van der Waals surface area contributed by atoms with Crippen LogP contribution in [0.4, 0.5) is 10.1 Å². The van der Waals surface area contributed by atoms with Gasteiger partial charge in [-0.25, -0.2) is 18.9 Å². The lowest BCUT2D eigenvalue weighted by Gasteiger charge is -2.07. The molecule has 0 aliphatic rings. The van der Waals surface area contributed by atoms with Crippen molar-refractivity contribution in [3.05, 3.63) is 55.4 Å². The van der Waals surface area contributed by atoms with Gasteiger partial charge in [0.25, 0.3) is 5.56 Å². The van der Waals surface area contributed by atoms with E-state index < -0.39 is 40.3 Å². The fraction of sp³-hybridized carbons (Fsp3) is 0.143. The predicted octanol–water partition coefficient (Wildman–Crippen LogP) is 1.55. The highest BCUT2D eigenvalue weighted by Crippen LogP contribution is 2.27. The second-order valence-corrected chi connectivity index (χ2v) is 5.89. The molecule has 12 heteroatoms. The fourth-order valence-corrected chi connectivity index (χ4v) is 2.85. The minimum absolute atomic E-state index is 0.166. The van der Waals surface area contributed by atoms with E-state index in [1.54, 1.807) is 7.05 Å². The van der Waals surface area contributed by atoms with Crippen molar-refractivity contribution in [1.29, 1.82) is 0 Å². The highest BCUT2D eigenvalue weighted by molar-refractivity contribution is 9.10. The van der Waals surface area contributed by atoms with Crippen LogP contribution in [-0.2, 0) is 18.4 Å². The summed E-state index contributed by atoms with van der Waals surface area (Å²) in [4.78, 5) is 38.7. The van der Waals surface area contributed by atoms with Gasteiger partial charge in [-0.2, -0.15) is 5.10 Å². The van der Waals surface area contributed by atoms with Gasteiger partial charge in [-0.3, -0.25) is 19.5 Å². The first-order valence-electron chi connectivity index (χ1n) is 7.00. The molecule has 0 aliphatic heterocycles. The molecule has 0 saturated carbocycles. The molecule has 2 heterocycles. The van der Waals surface area contributed by atoms with E-state index in [-0.39, 0.29) is 9.99 Å². The zero-order valence-corrected chi connectivity index (χ0v) is 14.6. The normalized spacial score (nSPS) is 10.9. The Bertz CT molecular complexity index is 1110. The molecule has 0 spiro atoms. The zero-order valence-electron chi connectivity index (χ0n) is 13.0. The summed E-state index contributed by atoms with van der Waals surface area (Å²) in [5, 5.41) is 15.1. The van der Waals surface area contributed by atoms with Crippen LogP contribution in [-0.4, -0.2) is 30.2 Å². The van der Waals surface area contributed by atoms with E-state index >= 15 is 0 Å². The minimum Gasteiger partial charge on any atom is -0.418 e. The van der Waals surface area contributed by atoms with Gasteiger partial charge in [0, 0.05) is 19.2 Å². The van der Waals surface area contributed by atoms with E-state index in [0.29, 0.717) is 5.65 Å². The van der Waals surface area contributed by atoms with E-state index in [1.165, 1.54) is 4.68 Å². The van der Waals surface area contributed by atoms with E-state index in [1.807, 2.05) is 0 Å². The van der Waals surface area contributed by atoms with Crippen LogP contribution in [0.2, 0.25) is 0 Å². The summed E-state index contributed by atoms with van der Waals surface area (Å²) >= 11 is 3.14. The summed E-state index contributed by atoms with van der Waals surface area (Å²) < 4.78 is 20.7. The Labute approximate surface area is 152 Å². The van der Waals surface area contributed by atoms with E-state index in [0.717, 1.165) is 29.1 Å². The summed E-state index contributed by atoms with van der Waals surface area (Å²) in [6.45, 7) is -0.573. The lowest BCUT2D eigenvalue weighted by atomic mass is 10.3. The van der Waals surface area contributed by atoms with E-state index in [4.69, 9.17) is 4.74 Å². The molecule has 0 aliphatic carbocycles. The molecule has 0 fully saturated rings. The molecule has 134 valence electrons. The molecule has 2 aromatic heterocycles. The molecule has 26 heavy (non-hydrogen) atoms. The number of benzene rings is 1. The Morgan fingerprint density at radius 1 is 1.46 bits per heavy atom. The summed E-state index contributed by atoms with van der Waals surface area (Å²) in [7, 11) is 1.60. The van der Waals surface area contributed by atoms with Gasteiger partial charge in [0.15, 0.2) is 5.65 Å². The monoisotopic (exact) mass is 425 g/mol. The average Bonchev–Trinajstić information content (AvgIpc) is 2.84. The maximum Gasteiger partial charge on any atom is 0.331 e. The number of nitrogens with zero attached hydrogens (tertiary/aromatic N) is 5. The van der Waals surface area contributed by atoms with Crippen molar-refractivity contribution in [3.63, 3.8) is 0 Å². The number of hydrogen-bond donors (Lipinski definition) is 0. The van der Waals surface area contributed by atoms with Crippen molar-refractivity contribution in [2.75, 3.05) is 0 Å². The Morgan fingerprint density at radius 2 is 2.19 bits per heavy atom. The molecular formula is C14H9BrFN5O5. The number of rotatable bonds is 4. The highest BCUT2D eigenvalue weighted by atomic mass is 79.9. The molecule has 10 nitrogen and oxygen atoms in total. The molecule has 0 amide bonds. The number of nitro groups is 1. The molecule has 0 unspecified atom stereocenters. The maximum absolute atomic E-state index is 13.3. The number of hydrogen-bond acceptors (Lipinski definition) is 7. The SMILES string of the molecule is Cn1nc(Br)c2c(=O)n(CC(=O)Oc3cc(F)ccc3[N+](=O)[O-])cnc21. The topological polar surface area (TPSA) is 122 Å². The predicted molar refractivity (Wildman–Crippen MR) is 89.2 cm³/mol. The van der Waals surface area contributed by atoms with Gasteiger partial charge in [-0.05, 0) is 22.0 Å². The van der Waals surface area contributed by atoms with Crippen LogP contribution in [0.5, 0.6) is 5.75 Å². The summed E-state index contributed by atoms with van der Waals surface area (Å²) in [6.07, 6.45) is 1.13. The Kier molecular flexibility index (Phi) is 4.50. The number of carbonyl (C=O) groups is 1. The van der Waals surface area contributed by atoms with Crippen LogP contribution >= 0.6 is 15.9 Å². The lowest BCUT2D eigenvalue weighted by molar-refractivity contribution is -0.385. The number of ether oxygens (including phenoxy) is 1. The molecule has 0 N–H and O–H groups in total. The second-order valence-electron chi connectivity index (χ2n) is 5.13. The maximum atomic E-state index is 13.3. The zero-order chi connectivity index (χ0) is 19.0. The van der Waals surface area contributed by atoms with Gasteiger partial charge in [0.2, 0.25) is 5.75 Å². The van der Waals surface area contributed by atoms with Gasteiger partial charge in [0.1, 0.15) is 28.7 Å². The highest BCUT2D eigenvalue weighted by Gasteiger charge is 2.20. The molecule has 1 aromatic carbocycles. The standard InChI is InChI=1S/C14H9BrFN5O5/c1-19-13-11(12(15)18-19)14(23)20(6-17-13)5-10(22)26-9-4-7(16)2-3-8(9)21(24)25/h2-4,6H,5H2,1H3. The van der Waals surface area contributed by atoms with Gasteiger partial charge in [-0.15, -0.1) is 0 Å². The fourth-order valence-electron chi connectivity index (χ4n) is 2.26. The van der Waals surface area contributed by atoms with Gasteiger partial charge in [0.05, 0.1) is 4.92 Å². The second kappa shape index (κ2) is 6.63. The van der Waals surface area contributed by atoms with Crippen molar-refractivity contribution >= 4 is 38.6 Å². The summed E-state index contributed by atoms with van der Waals surface area (Å²) in [6, 6.07) is 2.47. The quantitative estimate of drug-likeness (QED) is 0.269. The van der Waals surface area contributed by atoms with Crippen LogP contribution < -0.4 is 10.3 Å². The number of halogens is 2. The largest absolute Gasteiger partial charge is 0.418 e. The van der Waals surface area contributed by atoms with Gasteiger partial charge in [-0.1, -0.05) is 0 Å². The van der Waals surface area contributed by atoms with E-state index in [9.17, 15) is 24.1 Å². The van der Waals surface area contributed by atoms with Crippen LogP contribution in [0.1, 0.15) is 0 Å². The smallest absolute Gasteiger partial charge is 0.331 e. The Hall–Kier alpha value is -3.15. The van der Waals surface area contributed by atoms with Crippen molar-refractivity contribution in [3.8, 4) is 5.75 Å². The molecule has 0 radical (unpaired) electrons. The van der Waals surface area contributed by atoms with E-state index in [2.05, 4.69) is 26.0 Å². The summed E-state index contributed by atoms with van der Waals surface area (Å²) in [5.41, 5.74) is -0.816. The van der Waals surface area contributed by atoms with Crippen molar-refractivity contribution in [2.45, 2.75) is 6.54 Å².